The first kappa shape index (κ1) is 15.1. The first-order valence-electron chi connectivity index (χ1n) is 7.18. The maximum Gasteiger partial charge on any atom is 0.174 e. The minimum atomic E-state index is 0.466. The Morgan fingerprint density at radius 1 is 1.18 bits per heavy atom. The van der Waals surface area contributed by atoms with Crippen LogP contribution in [-0.2, 0) is 13.0 Å². The highest BCUT2D eigenvalue weighted by Crippen LogP contribution is 2.26. The number of aromatic nitrogens is 3. The van der Waals surface area contributed by atoms with Gasteiger partial charge in [0, 0.05) is 13.0 Å². The van der Waals surface area contributed by atoms with Crippen LogP contribution in [0.25, 0.3) is 11.6 Å². The second-order valence-electron chi connectivity index (χ2n) is 5.25. The predicted molar refractivity (Wildman–Crippen MR) is 87.5 cm³/mol. The molecule has 0 saturated heterocycles. The van der Waals surface area contributed by atoms with E-state index < -0.39 is 0 Å². The normalized spacial score (nSPS) is 15.0. The Hall–Kier alpha value is -1.83. The van der Waals surface area contributed by atoms with E-state index in [2.05, 4.69) is 20.8 Å². The molecule has 6 heteroatoms. The van der Waals surface area contributed by atoms with Crippen LogP contribution < -0.4 is 0 Å². The lowest BCUT2D eigenvalue weighted by Gasteiger charge is -2.06. The minimum Gasteiger partial charge on any atom is -0.310 e. The van der Waals surface area contributed by atoms with Crippen molar-refractivity contribution in [1.29, 1.82) is 5.26 Å². The topological polar surface area (TPSA) is 54.5 Å². The van der Waals surface area contributed by atoms with Crippen molar-refractivity contribution in [2.45, 2.75) is 32.2 Å². The summed E-state index contributed by atoms with van der Waals surface area (Å²) >= 11 is 11.9. The van der Waals surface area contributed by atoms with Gasteiger partial charge in [0.05, 0.1) is 15.6 Å². The molecule has 0 saturated carbocycles. The summed E-state index contributed by atoms with van der Waals surface area (Å²) in [6.45, 7) is 0.859. The molecule has 0 unspecified atom stereocenters. The van der Waals surface area contributed by atoms with Gasteiger partial charge >= 0.3 is 0 Å². The molecule has 1 aliphatic rings. The fraction of sp³-hybridized carbons (Fsp3) is 0.312. The number of halogens is 2. The van der Waals surface area contributed by atoms with Gasteiger partial charge in [-0.05, 0) is 36.6 Å². The Labute approximate surface area is 139 Å². The molecule has 1 aromatic carbocycles. The zero-order valence-corrected chi connectivity index (χ0v) is 13.4. The molecule has 0 aliphatic carbocycles. The van der Waals surface area contributed by atoms with E-state index in [-0.39, 0.29) is 0 Å². The molecular weight excluding hydrogens is 319 g/mol. The van der Waals surface area contributed by atoms with Crippen molar-refractivity contribution in [3.63, 3.8) is 0 Å². The fourth-order valence-electron chi connectivity index (χ4n) is 2.60. The molecule has 22 heavy (non-hydrogen) atoms. The third kappa shape index (κ3) is 3.01. The summed E-state index contributed by atoms with van der Waals surface area (Å²) in [6.07, 6.45) is 6.07. The monoisotopic (exact) mass is 332 g/mol. The summed E-state index contributed by atoms with van der Waals surface area (Å²) in [4.78, 5) is 0. The highest BCUT2D eigenvalue weighted by Gasteiger charge is 2.17. The number of aryl methyl sites for hydroxylation is 1. The van der Waals surface area contributed by atoms with Crippen molar-refractivity contribution < 1.29 is 0 Å². The SMILES string of the molecule is N#CC(=Cc1ccc(Cl)c(Cl)c1)c1nnc2n1CCCCC2. The van der Waals surface area contributed by atoms with E-state index >= 15 is 0 Å². The standard InChI is InChI=1S/C16H14Cl2N4/c17-13-6-5-11(9-14(13)18)8-12(10-19)16-21-20-15-4-2-1-3-7-22(15)16/h5-6,8-9H,1-4,7H2. The third-order valence-corrected chi connectivity index (χ3v) is 4.46. The molecule has 0 atom stereocenters. The van der Waals surface area contributed by atoms with Gasteiger partial charge in [-0.1, -0.05) is 35.7 Å². The predicted octanol–water partition coefficient (Wildman–Crippen LogP) is 4.38. The lowest BCUT2D eigenvalue weighted by molar-refractivity contribution is 0.627. The number of fused-ring (bicyclic) bond motifs is 1. The first-order chi connectivity index (χ1) is 10.7. The maximum atomic E-state index is 9.50. The molecule has 0 bridgehead atoms. The van der Waals surface area contributed by atoms with Crippen molar-refractivity contribution >= 4 is 34.9 Å². The van der Waals surface area contributed by atoms with E-state index in [1.54, 1.807) is 18.2 Å². The number of hydrogen-bond acceptors (Lipinski definition) is 3. The van der Waals surface area contributed by atoms with E-state index in [0.717, 1.165) is 37.2 Å². The zero-order valence-electron chi connectivity index (χ0n) is 11.9. The van der Waals surface area contributed by atoms with Gasteiger partial charge in [0.2, 0.25) is 0 Å². The van der Waals surface area contributed by atoms with Gasteiger partial charge in [0.1, 0.15) is 11.9 Å². The van der Waals surface area contributed by atoms with Crippen LogP contribution in [-0.4, -0.2) is 14.8 Å². The Morgan fingerprint density at radius 2 is 2.05 bits per heavy atom. The Morgan fingerprint density at radius 3 is 2.82 bits per heavy atom. The highest BCUT2D eigenvalue weighted by molar-refractivity contribution is 6.42. The van der Waals surface area contributed by atoms with Crippen molar-refractivity contribution in [3.05, 3.63) is 45.5 Å². The molecule has 112 valence electrons. The van der Waals surface area contributed by atoms with E-state index in [9.17, 15) is 5.26 Å². The fourth-order valence-corrected chi connectivity index (χ4v) is 2.91. The van der Waals surface area contributed by atoms with E-state index in [1.807, 2.05) is 6.07 Å². The zero-order chi connectivity index (χ0) is 15.5. The van der Waals surface area contributed by atoms with Crippen molar-refractivity contribution in [3.8, 4) is 6.07 Å². The van der Waals surface area contributed by atoms with Gasteiger partial charge in [-0.3, -0.25) is 0 Å². The first-order valence-corrected chi connectivity index (χ1v) is 7.94. The molecule has 3 rings (SSSR count). The van der Waals surface area contributed by atoms with Crippen LogP contribution in [0, 0.1) is 11.3 Å². The number of nitriles is 1. The van der Waals surface area contributed by atoms with E-state index in [1.165, 1.54) is 6.42 Å². The molecule has 0 N–H and O–H groups in total. The largest absolute Gasteiger partial charge is 0.310 e. The van der Waals surface area contributed by atoms with Crippen LogP contribution >= 0.6 is 23.2 Å². The van der Waals surface area contributed by atoms with Crippen molar-refractivity contribution in [2.24, 2.45) is 0 Å². The smallest absolute Gasteiger partial charge is 0.174 e. The number of hydrogen-bond donors (Lipinski definition) is 0. The van der Waals surface area contributed by atoms with Gasteiger partial charge < -0.3 is 4.57 Å². The highest BCUT2D eigenvalue weighted by atomic mass is 35.5. The number of benzene rings is 1. The van der Waals surface area contributed by atoms with Gasteiger partial charge in [-0.15, -0.1) is 10.2 Å². The van der Waals surface area contributed by atoms with Gasteiger partial charge in [0.15, 0.2) is 5.82 Å². The Balaban J connectivity index is 2.01. The third-order valence-electron chi connectivity index (χ3n) is 3.73. The van der Waals surface area contributed by atoms with Crippen LogP contribution in [0.3, 0.4) is 0 Å². The maximum absolute atomic E-state index is 9.50. The Kier molecular flexibility index (Phi) is 4.47. The number of nitrogens with zero attached hydrogens (tertiary/aromatic N) is 4. The average molecular weight is 333 g/mol. The second kappa shape index (κ2) is 6.51. The van der Waals surface area contributed by atoms with Crippen molar-refractivity contribution in [1.82, 2.24) is 14.8 Å². The molecule has 1 aliphatic heterocycles. The molecule has 2 heterocycles. The molecule has 4 nitrogen and oxygen atoms in total. The second-order valence-corrected chi connectivity index (χ2v) is 6.06. The van der Waals surface area contributed by atoms with E-state index in [4.69, 9.17) is 23.2 Å². The molecule has 0 radical (unpaired) electrons. The summed E-state index contributed by atoms with van der Waals surface area (Å²) in [6, 6.07) is 7.50. The van der Waals surface area contributed by atoms with Gasteiger partial charge in [-0.25, -0.2) is 0 Å². The molecule has 0 spiro atoms. The molecular formula is C16H14Cl2N4. The van der Waals surface area contributed by atoms with Crippen LogP contribution in [0.1, 0.15) is 36.5 Å². The minimum absolute atomic E-state index is 0.466. The summed E-state index contributed by atoms with van der Waals surface area (Å²) in [5, 5.41) is 18.9. The van der Waals surface area contributed by atoms with Crippen LogP contribution in [0.2, 0.25) is 10.0 Å². The molecule has 2 aromatic rings. The number of rotatable bonds is 2. The number of allylic oxidation sites excluding steroid dienone is 1. The summed E-state index contributed by atoms with van der Waals surface area (Å²) < 4.78 is 2.06. The van der Waals surface area contributed by atoms with Crippen molar-refractivity contribution in [2.75, 3.05) is 0 Å². The van der Waals surface area contributed by atoms with Gasteiger partial charge in [0.25, 0.3) is 0 Å². The summed E-state index contributed by atoms with van der Waals surface area (Å²) in [7, 11) is 0. The van der Waals surface area contributed by atoms with Crippen LogP contribution in [0.4, 0.5) is 0 Å². The molecule has 1 aromatic heterocycles. The molecule has 0 fully saturated rings. The lowest BCUT2D eigenvalue weighted by atomic mass is 10.1. The van der Waals surface area contributed by atoms with E-state index in [0.29, 0.717) is 21.4 Å². The van der Waals surface area contributed by atoms with Gasteiger partial charge in [-0.2, -0.15) is 5.26 Å². The quantitative estimate of drug-likeness (QED) is 0.767. The molecule has 0 amide bonds. The summed E-state index contributed by atoms with van der Waals surface area (Å²) in [5.41, 5.74) is 1.30. The lowest BCUT2D eigenvalue weighted by Crippen LogP contribution is -2.05. The van der Waals surface area contributed by atoms with Crippen LogP contribution in [0.15, 0.2) is 18.2 Å². The Bertz CT molecular complexity index is 771. The summed E-state index contributed by atoms with van der Waals surface area (Å²) in [5.74, 6) is 1.59. The van der Waals surface area contributed by atoms with Crippen LogP contribution in [0.5, 0.6) is 0 Å². The average Bonchev–Trinajstić information content (AvgIpc) is 2.77.